The van der Waals surface area contributed by atoms with Crippen LogP contribution < -0.4 is 5.32 Å². The Kier molecular flexibility index (Phi) is 5.55. The molecule has 1 heterocycles. The average molecular weight is 422 g/mol. The third-order valence-corrected chi connectivity index (χ3v) is 6.22. The molecule has 0 spiro atoms. The number of nitrogens with one attached hydrogen (secondary N) is 1. The monoisotopic (exact) mass is 421 g/mol. The van der Waals surface area contributed by atoms with Crippen LogP contribution in [-0.2, 0) is 4.79 Å². The number of benzene rings is 3. The molecule has 0 unspecified atom stereocenters. The normalized spacial score (nSPS) is 10.8. The summed E-state index contributed by atoms with van der Waals surface area (Å²) in [5.74, 6) is 0.0494. The Balaban J connectivity index is 1.46. The number of carbonyl (C=O) groups is 1. The van der Waals surface area contributed by atoms with Crippen molar-refractivity contribution in [1.29, 1.82) is 0 Å². The zero-order valence-electron chi connectivity index (χ0n) is 15.1. The zero-order valence-corrected chi connectivity index (χ0v) is 16.7. The summed E-state index contributed by atoms with van der Waals surface area (Å²) in [4.78, 5) is 28.2. The summed E-state index contributed by atoms with van der Waals surface area (Å²) in [7, 11) is 0. The van der Waals surface area contributed by atoms with Crippen LogP contribution in [0.5, 0.6) is 0 Å². The molecule has 0 aliphatic carbocycles. The number of fused-ring (bicyclic) bond motifs is 1. The molecule has 0 aliphatic heterocycles. The number of carbonyl (C=O) groups excluding carboxylic acids is 1. The summed E-state index contributed by atoms with van der Waals surface area (Å²) < 4.78 is 1.09. The molecule has 8 heteroatoms. The van der Waals surface area contributed by atoms with Crippen molar-refractivity contribution >= 4 is 50.6 Å². The maximum atomic E-state index is 12.5. The Labute approximate surface area is 174 Å². The van der Waals surface area contributed by atoms with Crippen LogP contribution in [0.2, 0.25) is 0 Å². The molecular weight excluding hydrogens is 406 g/mol. The molecule has 0 saturated heterocycles. The maximum Gasteiger partial charge on any atom is 0.269 e. The molecule has 3 aromatic carbocycles. The number of amides is 1. The number of hydrogen-bond acceptors (Lipinski definition) is 6. The van der Waals surface area contributed by atoms with E-state index in [0.29, 0.717) is 5.69 Å². The van der Waals surface area contributed by atoms with Crippen LogP contribution in [0, 0.1) is 10.1 Å². The molecule has 1 aromatic heterocycles. The molecule has 6 nitrogen and oxygen atoms in total. The van der Waals surface area contributed by atoms with E-state index in [-0.39, 0.29) is 17.3 Å². The second kappa shape index (κ2) is 8.42. The third kappa shape index (κ3) is 4.44. The van der Waals surface area contributed by atoms with E-state index in [4.69, 9.17) is 0 Å². The number of thioether (sulfide) groups is 1. The minimum absolute atomic E-state index is 0.0311. The molecular formula is C21H15N3O3S2. The van der Waals surface area contributed by atoms with Crippen molar-refractivity contribution < 1.29 is 9.72 Å². The predicted octanol–water partition coefficient (Wildman–Crippen LogP) is 5.60. The molecule has 0 bridgehead atoms. The lowest BCUT2D eigenvalue weighted by molar-refractivity contribution is -0.384. The van der Waals surface area contributed by atoms with E-state index < -0.39 is 4.92 Å². The van der Waals surface area contributed by atoms with Crippen molar-refractivity contribution in [2.45, 2.75) is 4.90 Å². The van der Waals surface area contributed by atoms with E-state index in [0.717, 1.165) is 25.7 Å². The number of anilines is 1. The maximum absolute atomic E-state index is 12.5. The summed E-state index contributed by atoms with van der Waals surface area (Å²) in [6, 6.07) is 21.7. The molecule has 4 aromatic rings. The Bertz CT molecular complexity index is 1160. The van der Waals surface area contributed by atoms with Crippen LogP contribution in [0.4, 0.5) is 11.4 Å². The lowest BCUT2D eigenvalue weighted by Gasteiger charge is -2.09. The van der Waals surface area contributed by atoms with Crippen molar-refractivity contribution in [2.75, 3.05) is 11.1 Å². The Morgan fingerprint density at radius 1 is 1.03 bits per heavy atom. The van der Waals surface area contributed by atoms with Gasteiger partial charge in [-0.1, -0.05) is 24.3 Å². The van der Waals surface area contributed by atoms with E-state index in [9.17, 15) is 14.9 Å². The van der Waals surface area contributed by atoms with Crippen LogP contribution in [0.15, 0.2) is 77.7 Å². The van der Waals surface area contributed by atoms with Gasteiger partial charge < -0.3 is 5.32 Å². The number of aromatic nitrogens is 1. The average Bonchev–Trinajstić information content (AvgIpc) is 3.17. The number of rotatable bonds is 6. The minimum Gasteiger partial charge on any atom is -0.325 e. The summed E-state index contributed by atoms with van der Waals surface area (Å²) in [5.41, 5.74) is 2.55. The predicted molar refractivity (Wildman–Crippen MR) is 118 cm³/mol. The first-order valence-corrected chi connectivity index (χ1v) is 10.5. The molecule has 4 rings (SSSR count). The molecule has 0 aliphatic rings. The molecule has 1 amide bonds. The summed E-state index contributed by atoms with van der Waals surface area (Å²) in [5, 5.41) is 14.5. The van der Waals surface area contributed by atoms with Gasteiger partial charge in [0, 0.05) is 22.6 Å². The quantitative estimate of drug-likeness (QED) is 0.249. The summed E-state index contributed by atoms with van der Waals surface area (Å²) in [6.07, 6.45) is 0. The first kappa shape index (κ1) is 19.1. The number of hydrogen-bond donors (Lipinski definition) is 1. The van der Waals surface area contributed by atoms with E-state index >= 15 is 0 Å². The van der Waals surface area contributed by atoms with Gasteiger partial charge in [-0.25, -0.2) is 4.98 Å². The molecule has 29 heavy (non-hydrogen) atoms. The first-order chi connectivity index (χ1) is 14.1. The lowest BCUT2D eigenvalue weighted by Crippen LogP contribution is -2.14. The molecule has 1 N–H and O–H groups in total. The van der Waals surface area contributed by atoms with Crippen LogP contribution in [-0.4, -0.2) is 21.6 Å². The number of nitro groups is 1. The lowest BCUT2D eigenvalue weighted by atomic mass is 10.2. The fourth-order valence-electron chi connectivity index (χ4n) is 2.77. The molecule has 0 fully saturated rings. The molecule has 0 atom stereocenters. The fourth-order valence-corrected chi connectivity index (χ4v) is 4.47. The molecule has 0 radical (unpaired) electrons. The Hall–Kier alpha value is -3.23. The topological polar surface area (TPSA) is 85.1 Å². The highest BCUT2D eigenvalue weighted by Crippen LogP contribution is 2.34. The zero-order chi connectivity index (χ0) is 20.2. The first-order valence-electron chi connectivity index (χ1n) is 8.72. The van der Waals surface area contributed by atoms with E-state index in [1.54, 1.807) is 23.5 Å². The van der Waals surface area contributed by atoms with Crippen LogP contribution >= 0.6 is 23.1 Å². The van der Waals surface area contributed by atoms with Crippen molar-refractivity contribution in [2.24, 2.45) is 0 Å². The van der Waals surface area contributed by atoms with Crippen molar-refractivity contribution in [3.8, 4) is 10.6 Å². The van der Waals surface area contributed by atoms with Crippen LogP contribution in [0.1, 0.15) is 0 Å². The smallest absolute Gasteiger partial charge is 0.269 e. The van der Waals surface area contributed by atoms with Gasteiger partial charge in [-0.15, -0.1) is 23.1 Å². The fraction of sp³-hybridized carbons (Fsp3) is 0.0476. The molecule has 144 valence electrons. The summed E-state index contributed by atoms with van der Waals surface area (Å²) in [6.45, 7) is 0. The largest absolute Gasteiger partial charge is 0.325 e. The highest BCUT2D eigenvalue weighted by molar-refractivity contribution is 8.00. The summed E-state index contributed by atoms with van der Waals surface area (Å²) >= 11 is 2.91. The standard InChI is InChI=1S/C21H15N3O3S2/c25-20(13-28-15-11-9-14(10-12-15)24(26)27)22-17-6-2-1-5-16(17)21-23-18-7-3-4-8-19(18)29-21/h1-12H,13H2,(H,22,25). The van der Waals surface area contributed by atoms with Gasteiger partial charge in [-0.2, -0.15) is 0 Å². The molecule has 0 saturated carbocycles. The van der Waals surface area contributed by atoms with Crippen molar-refractivity contribution in [3.05, 3.63) is 82.9 Å². The van der Waals surface area contributed by atoms with Gasteiger partial charge >= 0.3 is 0 Å². The Morgan fingerprint density at radius 3 is 2.52 bits per heavy atom. The third-order valence-electron chi connectivity index (χ3n) is 4.14. The van der Waals surface area contributed by atoms with Gasteiger partial charge in [-0.05, 0) is 36.4 Å². The number of nitro benzene ring substituents is 1. The second-order valence-corrected chi connectivity index (χ2v) is 8.20. The minimum atomic E-state index is -0.444. The highest BCUT2D eigenvalue weighted by atomic mass is 32.2. The van der Waals surface area contributed by atoms with Gasteiger partial charge in [0.2, 0.25) is 5.91 Å². The number of nitrogens with zero attached hydrogens (tertiary/aromatic N) is 2. The Morgan fingerprint density at radius 2 is 1.76 bits per heavy atom. The van der Waals surface area contributed by atoms with E-state index in [1.165, 1.54) is 23.9 Å². The van der Waals surface area contributed by atoms with Gasteiger partial charge in [0.15, 0.2) is 0 Å². The van der Waals surface area contributed by atoms with E-state index in [1.807, 2.05) is 48.5 Å². The number of thiazole rings is 1. The van der Waals surface area contributed by atoms with Crippen molar-refractivity contribution in [3.63, 3.8) is 0 Å². The van der Waals surface area contributed by atoms with Gasteiger partial charge in [-0.3, -0.25) is 14.9 Å². The SMILES string of the molecule is O=C(CSc1ccc([N+](=O)[O-])cc1)Nc1ccccc1-c1nc2ccccc2s1. The van der Waals surface area contributed by atoms with E-state index in [2.05, 4.69) is 10.3 Å². The number of non-ortho nitro benzene ring substituents is 1. The highest BCUT2D eigenvalue weighted by Gasteiger charge is 2.13. The number of para-hydroxylation sites is 2. The van der Waals surface area contributed by atoms with Crippen LogP contribution in [0.25, 0.3) is 20.8 Å². The second-order valence-electron chi connectivity index (χ2n) is 6.12. The van der Waals surface area contributed by atoms with Gasteiger partial charge in [0.05, 0.1) is 26.6 Å². The van der Waals surface area contributed by atoms with Gasteiger partial charge in [0.25, 0.3) is 5.69 Å². The van der Waals surface area contributed by atoms with Crippen LogP contribution in [0.3, 0.4) is 0 Å². The van der Waals surface area contributed by atoms with Gasteiger partial charge in [0.1, 0.15) is 5.01 Å². The van der Waals surface area contributed by atoms with Crippen molar-refractivity contribution in [1.82, 2.24) is 4.98 Å².